The summed E-state index contributed by atoms with van der Waals surface area (Å²) in [7, 11) is 1.92. The van der Waals surface area contributed by atoms with Gasteiger partial charge in [-0.25, -0.2) is 14.8 Å². The number of hydrogen-bond donors (Lipinski definition) is 3. The number of nitrogens with zero attached hydrogens (tertiary/aromatic N) is 3. The highest BCUT2D eigenvalue weighted by Gasteiger charge is 2.15. The SMILES string of the molecule is Cn1cc(C(=O)Nc2cccc(CNc3ncnc4c(C(=O)O)cccc34)c2)c2ccccc21. The Morgan fingerprint density at radius 3 is 2.59 bits per heavy atom. The molecule has 0 saturated heterocycles. The standard InChI is InChI=1S/C26H21N5O3/c1-31-14-21(18-8-2-3-11-22(18)31)25(32)30-17-7-4-6-16(12-17)13-27-24-19-9-5-10-20(26(33)34)23(19)28-15-29-24/h2-12,14-15H,13H2,1H3,(H,30,32)(H,33,34)(H,27,28,29). The number of aryl methyl sites for hydroxylation is 1. The van der Waals surface area contributed by atoms with Crippen LogP contribution in [-0.2, 0) is 13.6 Å². The number of amides is 1. The van der Waals surface area contributed by atoms with Gasteiger partial charge in [-0.05, 0) is 35.9 Å². The van der Waals surface area contributed by atoms with Crippen LogP contribution in [0.4, 0.5) is 11.5 Å². The van der Waals surface area contributed by atoms with E-state index in [0.717, 1.165) is 16.5 Å². The average Bonchev–Trinajstić information content (AvgIpc) is 3.19. The van der Waals surface area contributed by atoms with Crippen molar-refractivity contribution in [1.82, 2.24) is 14.5 Å². The normalized spacial score (nSPS) is 11.0. The van der Waals surface area contributed by atoms with E-state index in [1.165, 1.54) is 12.4 Å². The van der Waals surface area contributed by atoms with Crippen LogP contribution in [0.2, 0.25) is 0 Å². The van der Waals surface area contributed by atoms with Gasteiger partial charge in [-0.2, -0.15) is 0 Å². The first-order valence-corrected chi connectivity index (χ1v) is 10.7. The van der Waals surface area contributed by atoms with Gasteiger partial charge in [0.05, 0.1) is 16.6 Å². The number of benzene rings is 3. The lowest BCUT2D eigenvalue weighted by Gasteiger charge is -2.11. The van der Waals surface area contributed by atoms with Gasteiger partial charge in [-0.3, -0.25) is 4.79 Å². The zero-order valence-corrected chi connectivity index (χ0v) is 18.3. The Morgan fingerprint density at radius 1 is 0.941 bits per heavy atom. The highest BCUT2D eigenvalue weighted by molar-refractivity contribution is 6.13. The number of carbonyl (C=O) groups excluding carboxylic acids is 1. The predicted octanol–water partition coefficient (Wildman–Crippen LogP) is 4.68. The Balaban J connectivity index is 1.35. The van der Waals surface area contributed by atoms with Gasteiger partial charge in [0.2, 0.25) is 0 Å². The molecule has 2 aromatic heterocycles. The van der Waals surface area contributed by atoms with Gasteiger partial charge in [-0.1, -0.05) is 36.4 Å². The van der Waals surface area contributed by atoms with Gasteiger partial charge in [-0.15, -0.1) is 0 Å². The van der Waals surface area contributed by atoms with Crippen LogP contribution in [0.5, 0.6) is 0 Å². The first-order chi connectivity index (χ1) is 16.5. The zero-order valence-electron chi connectivity index (χ0n) is 18.3. The number of aromatic carboxylic acids is 1. The van der Waals surface area contributed by atoms with Crippen molar-refractivity contribution >= 4 is 45.2 Å². The lowest BCUT2D eigenvalue weighted by Crippen LogP contribution is -2.12. The highest BCUT2D eigenvalue weighted by Crippen LogP contribution is 2.24. The molecular formula is C26H21N5O3. The monoisotopic (exact) mass is 451 g/mol. The molecule has 0 radical (unpaired) electrons. The third-order valence-electron chi connectivity index (χ3n) is 5.68. The number of para-hydroxylation sites is 2. The van der Waals surface area contributed by atoms with Crippen LogP contribution < -0.4 is 10.6 Å². The highest BCUT2D eigenvalue weighted by atomic mass is 16.4. The van der Waals surface area contributed by atoms with Crippen LogP contribution in [0.25, 0.3) is 21.8 Å². The largest absolute Gasteiger partial charge is 0.478 e. The fourth-order valence-electron chi connectivity index (χ4n) is 4.07. The predicted molar refractivity (Wildman–Crippen MR) is 131 cm³/mol. The number of carbonyl (C=O) groups is 2. The molecule has 1 amide bonds. The van der Waals surface area contributed by atoms with E-state index in [1.807, 2.05) is 66.3 Å². The van der Waals surface area contributed by atoms with Gasteiger partial charge >= 0.3 is 5.97 Å². The Hall–Kier alpha value is -4.72. The number of fused-ring (bicyclic) bond motifs is 2. The van der Waals surface area contributed by atoms with Crippen molar-refractivity contribution < 1.29 is 14.7 Å². The summed E-state index contributed by atoms with van der Waals surface area (Å²) in [5.74, 6) is -0.673. The second-order valence-corrected chi connectivity index (χ2v) is 7.91. The molecule has 168 valence electrons. The lowest BCUT2D eigenvalue weighted by atomic mass is 10.1. The van der Waals surface area contributed by atoms with Crippen molar-refractivity contribution in [3.8, 4) is 0 Å². The maximum atomic E-state index is 13.0. The van der Waals surface area contributed by atoms with Crippen molar-refractivity contribution in [3.05, 3.63) is 95.9 Å². The van der Waals surface area contributed by atoms with Gasteiger partial charge in [0.15, 0.2) is 0 Å². The minimum atomic E-state index is -1.04. The summed E-state index contributed by atoms with van der Waals surface area (Å²) in [6.07, 6.45) is 3.18. The van der Waals surface area contributed by atoms with Crippen molar-refractivity contribution in [2.75, 3.05) is 10.6 Å². The number of anilines is 2. The average molecular weight is 451 g/mol. The quantitative estimate of drug-likeness (QED) is 0.346. The molecule has 0 saturated carbocycles. The summed E-state index contributed by atoms with van der Waals surface area (Å²) in [5, 5.41) is 17.2. The molecule has 5 aromatic rings. The number of aromatic nitrogens is 3. The molecule has 0 atom stereocenters. The summed E-state index contributed by atoms with van der Waals surface area (Å²) in [5.41, 5.74) is 3.72. The Morgan fingerprint density at radius 2 is 1.74 bits per heavy atom. The van der Waals surface area contributed by atoms with Gasteiger partial charge in [0.1, 0.15) is 12.1 Å². The Bertz CT molecular complexity index is 1560. The molecule has 0 aliphatic rings. The fourth-order valence-corrected chi connectivity index (χ4v) is 4.07. The number of carboxylic acids is 1. The molecule has 8 heteroatoms. The summed E-state index contributed by atoms with van der Waals surface area (Å²) in [4.78, 5) is 32.9. The first-order valence-electron chi connectivity index (χ1n) is 10.7. The van der Waals surface area contributed by atoms with Crippen molar-refractivity contribution in [3.63, 3.8) is 0 Å². The molecule has 0 aliphatic heterocycles. The van der Waals surface area contributed by atoms with E-state index in [-0.39, 0.29) is 11.5 Å². The second-order valence-electron chi connectivity index (χ2n) is 7.91. The molecule has 0 unspecified atom stereocenters. The van der Waals surface area contributed by atoms with E-state index in [1.54, 1.807) is 12.1 Å². The van der Waals surface area contributed by atoms with Gasteiger partial charge < -0.3 is 20.3 Å². The van der Waals surface area contributed by atoms with Crippen molar-refractivity contribution in [2.24, 2.45) is 7.05 Å². The summed E-state index contributed by atoms with van der Waals surface area (Å²) in [6, 6.07) is 20.3. The maximum absolute atomic E-state index is 13.0. The minimum Gasteiger partial charge on any atom is -0.478 e. The fraction of sp³-hybridized carbons (Fsp3) is 0.0769. The van der Waals surface area contributed by atoms with Crippen LogP contribution in [0.3, 0.4) is 0 Å². The molecule has 3 aromatic carbocycles. The van der Waals surface area contributed by atoms with Crippen LogP contribution in [0.15, 0.2) is 79.3 Å². The molecule has 3 N–H and O–H groups in total. The Kier molecular flexibility index (Phi) is 5.39. The second kappa shape index (κ2) is 8.67. The summed E-state index contributed by atoms with van der Waals surface area (Å²) < 4.78 is 1.94. The first kappa shape index (κ1) is 21.1. The van der Waals surface area contributed by atoms with Crippen LogP contribution in [-0.4, -0.2) is 31.5 Å². The maximum Gasteiger partial charge on any atom is 0.337 e. The van der Waals surface area contributed by atoms with Crippen LogP contribution in [0, 0.1) is 0 Å². The summed E-state index contributed by atoms with van der Waals surface area (Å²) >= 11 is 0. The van der Waals surface area contributed by atoms with E-state index in [0.29, 0.717) is 34.5 Å². The van der Waals surface area contributed by atoms with E-state index in [4.69, 9.17) is 0 Å². The zero-order chi connectivity index (χ0) is 23.7. The molecule has 0 fully saturated rings. The van der Waals surface area contributed by atoms with E-state index < -0.39 is 5.97 Å². The third-order valence-corrected chi connectivity index (χ3v) is 5.68. The van der Waals surface area contributed by atoms with Crippen LogP contribution >= 0.6 is 0 Å². The number of nitrogens with one attached hydrogen (secondary N) is 2. The van der Waals surface area contributed by atoms with Crippen LogP contribution in [0.1, 0.15) is 26.3 Å². The molecule has 34 heavy (non-hydrogen) atoms. The van der Waals surface area contributed by atoms with E-state index in [9.17, 15) is 14.7 Å². The van der Waals surface area contributed by atoms with Gasteiger partial charge in [0, 0.05) is 41.8 Å². The molecular weight excluding hydrogens is 430 g/mol. The van der Waals surface area contributed by atoms with E-state index >= 15 is 0 Å². The number of rotatable bonds is 6. The molecule has 0 spiro atoms. The van der Waals surface area contributed by atoms with Gasteiger partial charge in [0.25, 0.3) is 5.91 Å². The Labute approximate surface area is 194 Å². The lowest BCUT2D eigenvalue weighted by molar-refractivity contribution is 0.0698. The van der Waals surface area contributed by atoms with Crippen molar-refractivity contribution in [1.29, 1.82) is 0 Å². The van der Waals surface area contributed by atoms with Crippen molar-refractivity contribution in [2.45, 2.75) is 6.54 Å². The molecule has 0 aliphatic carbocycles. The smallest absolute Gasteiger partial charge is 0.337 e. The van der Waals surface area contributed by atoms with E-state index in [2.05, 4.69) is 20.6 Å². The summed E-state index contributed by atoms with van der Waals surface area (Å²) in [6.45, 7) is 0.432. The molecule has 2 heterocycles. The molecule has 8 nitrogen and oxygen atoms in total. The minimum absolute atomic E-state index is 0.126. The third kappa shape index (κ3) is 3.93. The number of carboxylic acid groups (broad SMARTS) is 1. The topological polar surface area (TPSA) is 109 Å². The number of hydrogen-bond acceptors (Lipinski definition) is 5. The molecule has 5 rings (SSSR count). The molecule has 0 bridgehead atoms.